The molecule has 0 atom stereocenters. The average Bonchev–Trinajstić information content (AvgIpc) is 2.78. The topological polar surface area (TPSA) is 73.9 Å². The van der Waals surface area contributed by atoms with Crippen LogP contribution in [-0.4, -0.2) is 30.7 Å². The van der Waals surface area contributed by atoms with Gasteiger partial charge in [-0.25, -0.2) is 4.79 Å². The number of carbonyl (C=O) groups is 2. The van der Waals surface area contributed by atoms with Crippen molar-refractivity contribution in [3.8, 4) is 11.5 Å². The number of hydrogen-bond donors (Lipinski definition) is 1. The highest BCUT2D eigenvalue weighted by molar-refractivity contribution is 6.12. The van der Waals surface area contributed by atoms with Crippen LogP contribution < -0.4 is 14.8 Å². The van der Waals surface area contributed by atoms with Gasteiger partial charge in [0.25, 0.3) is 5.91 Å². The first-order valence-corrected chi connectivity index (χ1v) is 9.25. The Kier molecular flexibility index (Phi) is 4.34. The molecule has 1 N–H and O–H groups in total. The van der Waals surface area contributed by atoms with Crippen molar-refractivity contribution < 1.29 is 23.8 Å². The number of fused-ring (bicyclic) bond motifs is 1. The van der Waals surface area contributed by atoms with E-state index in [-0.39, 0.29) is 11.9 Å². The van der Waals surface area contributed by atoms with Crippen LogP contribution in [0.1, 0.15) is 45.4 Å². The average molecular weight is 357 g/mol. The van der Waals surface area contributed by atoms with E-state index >= 15 is 0 Å². The normalized spacial score (nSPS) is 21.3. The van der Waals surface area contributed by atoms with E-state index in [1.165, 1.54) is 0 Å². The van der Waals surface area contributed by atoms with Crippen LogP contribution in [0.5, 0.6) is 11.5 Å². The summed E-state index contributed by atoms with van der Waals surface area (Å²) in [5.41, 5.74) is 0.749. The molecule has 0 unspecified atom stereocenters. The summed E-state index contributed by atoms with van der Waals surface area (Å²) in [5, 5.41) is 2.91. The number of carbonyl (C=O) groups excluding carboxylic acids is 2. The number of benzene rings is 1. The molecule has 2 heterocycles. The summed E-state index contributed by atoms with van der Waals surface area (Å²) in [7, 11) is 0. The Morgan fingerprint density at radius 3 is 2.46 bits per heavy atom. The molecule has 1 aliphatic carbocycles. The van der Waals surface area contributed by atoms with E-state index in [1.807, 2.05) is 0 Å². The summed E-state index contributed by atoms with van der Waals surface area (Å²) < 4.78 is 16.8. The minimum absolute atomic E-state index is 0.271. The molecule has 1 saturated carbocycles. The van der Waals surface area contributed by atoms with E-state index in [0.717, 1.165) is 25.7 Å². The predicted molar refractivity (Wildman–Crippen MR) is 95.3 cm³/mol. The maximum absolute atomic E-state index is 13.1. The first-order chi connectivity index (χ1) is 12.6. The van der Waals surface area contributed by atoms with Crippen LogP contribution in [0.15, 0.2) is 29.3 Å². The van der Waals surface area contributed by atoms with Gasteiger partial charge in [0.15, 0.2) is 11.5 Å². The van der Waals surface area contributed by atoms with Crippen LogP contribution in [0.4, 0.5) is 5.69 Å². The molecule has 1 aromatic rings. The number of ether oxygens (including phenoxy) is 3. The molecule has 6 nitrogen and oxygen atoms in total. The zero-order valence-electron chi connectivity index (χ0n) is 14.9. The molecule has 1 spiro atoms. The van der Waals surface area contributed by atoms with Crippen molar-refractivity contribution in [3.05, 3.63) is 29.3 Å². The van der Waals surface area contributed by atoms with Crippen LogP contribution >= 0.6 is 0 Å². The lowest BCUT2D eigenvalue weighted by atomic mass is 9.84. The highest BCUT2D eigenvalue weighted by atomic mass is 16.6. The molecule has 6 heteroatoms. The number of esters is 1. The SMILES string of the molecule is CC1=C(C(=O)Nc2ccc3c(c2)OCCO3)C2(CCCCCC2)OC1=O. The lowest BCUT2D eigenvalue weighted by Crippen LogP contribution is -2.36. The molecule has 3 aliphatic rings. The Balaban J connectivity index is 1.60. The van der Waals surface area contributed by atoms with Gasteiger partial charge in [-0.15, -0.1) is 0 Å². The summed E-state index contributed by atoms with van der Waals surface area (Å²) >= 11 is 0. The van der Waals surface area contributed by atoms with Gasteiger partial charge in [-0.2, -0.15) is 0 Å². The lowest BCUT2D eigenvalue weighted by molar-refractivity contribution is -0.148. The highest BCUT2D eigenvalue weighted by Gasteiger charge is 2.49. The summed E-state index contributed by atoms with van der Waals surface area (Å²) in [4.78, 5) is 25.3. The van der Waals surface area contributed by atoms with Crippen molar-refractivity contribution in [2.24, 2.45) is 0 Å². The smallest absolute Gasteiger partial charge is 0.335 e. The summed E-state index contributed by atoms with van der Waals surface area (Å²) in [6.45, 7) is 2.69. The molecule has 4 rings (SSSR count). The van der Waals surface area contributed by atoms with E-state index < -0.39 is 5.60 Å². The van der Waals surface area contributed by atoms with Crippen LogP contribution in [0.2, 0.25) is 0 Å². The zero-order chi connectivity index (χ0) is 18.1. The van der Waals surface area contributed by atoms with E-state index in [2.05, 4.69) is 5.32 Å². The van der Waals surface area contributed by atoms with Crippen molar-refractivity contribution in [2.45, 2.75) is 51.0 Å². The number of rotatable bonds is 2. The predicted octanol–water partition coefficient (Wildman–Crippen LogP) is 3.36. The fraction of sp³-hybridized carbons (Fsp3) is 0.500. The Labute approximate surface area is 152 Å². The van der Waals surface area contributed by atoms with Crippen LogP contribution in [0.25, 0.3) is 0 Å². The van der Waals surface area contributed by atoms with E-state index in [4.69, 9.17) is 14.2 Å². The molecule has 0 bridgehead atoms. The third kappa shape index (κ3) is 2.93. The van der Waals surface area contributed by atoms with Gasteiger partial charge in [0.1, 0.15) is 18.8 Å². The van der Waals surface area contributed by atoms with Crippen LogP contribution in [-0.2, 0) is 14.3 Å². The number of nitrogens with one attached hydrogen (secondary N) is 1. The maximum Gasteiger partial charge on any atom is 0.335 e. The van der Waals surface area contributed by atoms with Gasteiger partial charge >= 0.3 is 5.97 Å². The van der Waals surface area contributed by atoms with Crippen molar-refractivity contribution in [2.75, 3.05) is 18.5 Å². The fourth-order valence-corrected chi connectivity index (χ4v) is 4.09. The van der Waals surface area contributed by atoms with Gasteiger partial charge in [-0.05, 0) is 44.7 Å². The third-order valence-corrected chi connectivity index (χ3v) is 5.36. The van der Waals surface area contributed by atoms with Gasteiger partial charge in [0, 0.05) is 17.3 Å². The number of hydrogen-bond acceptors (Lipinski definition) is 5. The first-order valence-electron chi connectivity index (χ1n) is 9.25. The molecular formula is C20H23NO5. The van der Waals surface area contributed by atoms with Gasteiger partial charge < -0.3 is 19.5 Å². The second kappa shape index (κ2) is 6.67. The molecule has 1 amide bonds. The number of anilines is 1. The van der Waals surface area contributed by atoms with Crippen LogP contribution in [0.3, 0.4) is 0 Å². The van der Waals surface area contributed by atoms with Crippen molar-refractivity contribution in [1.29, 1.82) is 0 Å². The summed E-state index contributed by atoms with van der Waals surface area (Å²) in [6, 6.07) is 5.31. The van der Waals surface area contributed by atoms with E-state index in [0.29, 0.717) is 54.4 Å². The first kappa shape index (κ1) is 16.9. The van der Waals surface area contributed by atoms with Crippen molar-refractivity contribution in [3.63, 3.8) is 0 Å². The second-order valence-corrected chi connectivity index (χ2v) is 7.11. The summed E-state index contributed by atoms with van der Waals surface area (Å²) in [5.74, 6) is 0.637. The molecular weight excluding hydrogens is 334 g/mol. The quantitative estimate of drug-likeness (QED) is 0.822. The van der Waals surface area contributed by atoms with E-state index in [9.17, 15) is 9.59 Å². The molecule has 138 valence electrons. The lowest BCUT2D eigenvalue weighted by Gasteiger charge is -2.29. The number of amides is 1. The highest BCUT2D eigenvalue weighted by Crippen LogP contribution is 2.43. The Morgan fingerprint density at radius 1 is 1.04 bits per heavy atom. The standard InChI is InChI=1S/C20H23NO5/c1-13-17(20(26-19(13)23)8-4-2-3-5-9-20)18(22)21-14-6-7-15-16(12-14)25-11-10-24-15/h6-7,12H,2-5,8-11H2,1H3,(H,21,22). The third-order valence-electron chi connectivity index (χ3n) is 5.36. The summed E-state index contributed by atoms with van der Waals surface area (Å²) in [6.07, 6.45) is 5.55. The van der Waals surface area contributed by atoms with Gasteiger partial charge in [0.05, 0.1) is 5.57 Å². The molecule has 0 saturated heterocycles. The molecule has 1 aromatic carbocycles. The second-order valence-electron chi connectivity index (χ2n) is 7.11. The Hall–Kier alpha value is -2.50. The van der Waals surface area contributed by atoms with Gasteiger partial charge in [-0.3, -0.25) is 4.79 Å². The minimum Gasteiger partial charge on any atom is -0.486 e. The molecule has 2 aliphatic heterocycles. The molecule has 0 aromatic heterocycles. The van der Waals surface area contributed by atoms with Gasteiger partial charge in [0.2, 0.25) is 0 Å². The molecule has 26 heavy (non-hydrogen) atoms. The van der Waals surface area contributed by atoms with Crippen LogP contribution in [0, 0.1) is 0 Å². The van der Waals surface area contributed by atoms with E-state index in [1.54, 1.807) is 25.1 Å². The largest absolute Gasteiger partial charge is 0.486 e. The maximum atomic E-state index is 13.1. The molecule has 0 radical (unpaired) electrons. The van der Waals surface area contributed by atoms with Crippen molar-refractivity contribution in [1.82, 2.24) is 0 Å². The monoisotopic (exact) mass is 357 g/mol. The Morgan fingerprint density at radius 2 is 1.73 bits per heavy atom. The fourth-order valence-electron chi connectivity index (χ4n) is 4.09. The van der Waals surface area contributed by atoms with Crippen molar-refractivity contribution >= 4 is 17.6 Å². The zero-order valence-corrected chi connectivity index (χ0v) is 14.9. The Bertz CT molecular complexity index is 774. The van der Waals surface area contributed by atoms with Gasteiger partial charge in [-0.1, -0.05) is 12.8 Å². The molecule has 1 fully saturated rings. The minimum atomic E-state index is -0.768.